The Morgan fingerprint density at radius 1 is 1.04 bits per heavy atom. The molecule has 1 fully saturated rings. The lowest BCUT2D eigenvalue weighted by atomic mass is 9.99. The van der Waals surface area contributed by atoms with Crippen LogP contribution >= 0.6 is 0 Å². The molecule has 2 aromatic carbocycles. The summed E-state index contributed by atoms with van der Waals surface area (Å²) in [6, 6.07) is 15.2. The summed E-state index contributed by atoms with van der Waals surface area (Å²) in [5, 5.41) is 5.95. The second kappa shape index (κ2) is 8.71. The molecular formula is C22H27N3O2. The molecule has 2 aromatic rings. The van der Waals surface area contributed by atoms with E-state index in [1.165, 1.54) is 25.5 Å². The number of amides is 1. The van der Waals surface area contributed by atoms with Gasteiger partial charge in [0.2, 0.25) is 5.91 Å². The van der Waals surface area contributed by atoms with Gasteiger partial charge in [-0.05, 0) is 62.1 Å². The Labute approximate surface area is 160 Å². The van der Waals surface area contributed by atoms with Crippen LogP contribution in [0.1, 0.15) is 37.0 Å². The van der Waals surface area contributed by atoms with Crippen LogP contribution in [0.4, 0.5) is 17.1 Å². The summed E-state index contributed by atoms with van der Waals surface area (Å²) in [6.07, 6.45) is 2.46. The van der Waals surface area contributed by atoms with Gasteiger partial charge in [-0.3, -0.25) is 9.59 Å². The minimum absolute atomic E-state index is 0.00588. The Hall–Kier alpha value is -2.82. The van der Waals surface area contributed by atoms with E-state index >= 15 is 0 Å². The number of piperidine rings is 1. The predicted molar refractivity (Wildman–Crippen MR) is 111 cm³/mol. The standard InChI is InChI=1S/C22H27N3O2/c1-16-10-12-25(13-11-16)21-8-6-19(7-9-21)24-22(27)15-23-20-5-3-4-18(14-20)17(2)26/h3-9,14,16,23H,10-13,15H2,1-2H3,(H,24,27). The van der Waals surface area contributed by atoms with Crippen molar-refractivity contribution in [2.24, 2.45) is 5.92 Å². The average Bonchev–Trinajstić information content (AvgIpc) is 2.68. The number of nitrogens with zero attached hydrogens (tertiary/aromatic N) is 1. The Kier molecular flexibility index (Phi) is 6.12. The summed E-state index contributed by atoms with van der Waals surface area (Å²) < 4.78 is 0. The van der Waals surface area contributed by atoms with E-state index in [2.05, 4.69) is 34.6 Å². The molecular weight excluding hydrogens is 338 g/mol. The zero-order chi connectivity index (χ0) is 19.2. The highest BCUT2D eigenvalue weighted by atomic mass is 16.2. The Morgan fingerprint density at radius 2 is 1.74 bits per heavy atom. The molecule has 0 atom stereocenters. The largest absolute Gasteiger partial charge is 0.376 e. The van der Waals surface area contributed by atoms with Gasteiger partial charge in [-0.15, -0.1) is 0 Å². The molecule has 5 heteroatoms. The van der Waals surface area contributed by atoms with Gasteiger partial charge in [0.05, 0.1) is 6.54 Å². The van der Waals surface area contributed by atoms with Crippen LogP contribution in [0.5, 0.6) is 0 Å². The highest BCUT2D eigenvalue weighted by Crippen LogP contribution is 2.24. The molecule has 1 amide bonds. The van der Waals surface area contributed by atoms with Crippen molar-refractivity contribution >= 4 is 28.8 Å². The van der Waals surface area contributed by atoms with Crippen LogP contribution in [0.15, 0.2) is 48.5 Å². The summed E-state index contributed by atoms with van der Waals surface area (Å²) in [5.74, 6) is 0.692. The number of rotatable bonds is 6. The monoisotopic (exact) mass is 365 g/mol. The molecule has 5 nitrogen and oxygen atoms in total. The van der Waals surface area contributed by atoms with Crippen molar-refractivity contribution in [2.75, 3.05) is 35.2 Å². The van der Waals surface area contributed by atoms with Crippen molar-refractivity contribution in [1.82, 2.24) is 0 Å². The number of carbonyl (C=O) groups excluding carboxylic acids is 2. The van der Waals surface area contributed by atoms with Crippen LogP contribution in [-0.2, 0) is 4.79 Å². The third-order valence-corrected chi connectivity index (χ3v) is 5.02. The number of benzene rings is 2. The quantitative estimate of drug-likeness (QED) is 0.754. The first-order valence-electron chi connectivity index (χ1n) is 9.51. The molecule has 1 heterocycles. The zero-order valence-electron chi connectivity index (χ0n) is 16.0. The molecule has 0 unspecified atom stereocenters. The van der Waals surface area contributed by atoms with Crippen molar-refractivity contribution in [1.29, 1.82) is 0 Å². The van der Waals surface area contributed by atoms with E-state index in [0.717, 1.165) is 30.4 Å². The smallest absolute Gasteiger partial charge is 0.243 e. The number of hydrogen-bond donors (Lipinski definition) is 2. The van der Waals surface area contributed by atoms with Crippen LogP contribution in [0, 0.1) is 5.92 Å². The molecule has 0 saturated carbocycles. The fraction of sp³-hybridized carbons (Fsp3) is 0.364. The van der Waals surface area contributed by atoms with E-state index in [0.29, 0.717) is 5.56 Å². The zero-order valence-corrected chi connectivity index (χ0v) is 16.0. The van der Waals surface area contributed by atoms with Crippen molar-refractivity contribution in [3.63, 3.8) is 0 Å². The minimum atomic E-state index is -0.122. The van der Waals surface area contributed by atoms with E-state index in [1.54, 1.807) is 18.2 Å². The van der Waals surface area contributed by atoms with Crippen molar-refractivity contribution < 1.29 is 9.59 Å². The molecule has 1 aliphatic rings. The van der Waals surface area contributed by atoms with Crippen LogP contribution in [0.3, 0.4) is 0 Å². The first kappa shape index (κ1) is 19.0. The van der Waals surface area contributed by atoms with Crippen LogP contribution in [0.2, 0.25) is 0 Å². The lowest BCUT2D eigenvalue weighted by Crippen LogP contribution is -2.32. The Morgan fingerprint density at radius 3 is 2.41 bits per heavy atom. The Balaban J connectivity index is 1.50. The van der Waals surface area contributed by atoms with E-state index in [4.69, 9.17) is 0 Å². The maximum atomic E-state index is 12.2. The highest BCUT2D eigenvalue weighted by molar-refractivity contribution is 5.96. The molecule has 1 aliphatic heterocycles. The fourth-order valence-electron chi connectivity index (χ4n) is 3.26. The van der Waals surface area contributed by atoms with Crippen molar-refractivity contribution in [3.8, 4) is 0 Å². The minimum Gasteiger partial charge on any atom is -0.376 e. The average molecular weight is 365 g/mol. The van der Waals surface area contributed by atoms with Crippen LogP contribution in [0.25, 0.3) is 0 Å². The third kappa shape index (κ3) is 5.33. The SMILES string of the molecule is CC(=O)c1cccc(NCC(=O)Nc2ccc(N3CCC(C)CC3)cc2)c1. The van der Waals surface area contributed by atoms with Crippen molar-refractivity contribution in [2.45, 2.75) is 26.7 Å². The number of ketones is 1. The molecule has 0 aliphatic carbocycles. The molecule has 0 aromatic heterocycles. The molecule has 27 heavy (non-hydrogen) atoms. The second-order valence-corrected chi connectivity index (χ2v) is 7.26. The summed E-state index contributed by atoms with van der Waals surface area (Å²) in [6.45, 7) is 6.17. The van der Waals surface area contributed by atoms with Gasteiger partial charge >= 0.3 is 0 Å². The van der Waals surface area contributed by atoms with Gasteiger partial charge in [-0.2, -0.15) is 0 Å². The van der Waals surface area contributed by atoms with E-state index in [1.807, 2.05) is 18.2 Å². The number of anilines is 3. The predicted octanol–water partition coefficient (Wildman–Crippen LogP) is 4.18. The second-order valence-electron chi connectivity index (χ2n) is 7.26. The Bertz CT molecular complexity index is 793. The summed E-state index contributed by atoms with van der Waals surface area (Å²) in [7, 11) is 0. The summed E-state index contributed by atoms with van der Waals surface area (Å²) in [5.41, 5.74) is 3.38. The summed E-state index contributed by atoms with van der Waals surface area (Å²) >= 11 is 0. The lowest BCUT2D eigenvalue weighted by molar-refractivity contribution is -0.114. The molecule has 1 saturated heterocycles. The topological polar surface area (TPSA) is 61.4 Å². The molecule has 0 radical (unpaired) electrons. The van der Waals surface area contributed by atoms with E-state index < -0.39 is 0 Å². The van der Waals surface area contributed by atoms with Gasteiger partial charge in [0, 0.05) is 35.7 Å². The van der Waals surface area contributed by atoms with Crippen molar-refractivity contribution in [3.05, 3.63) is 54.1 Å². The highest BCUT2D eigenvalue weighted by Gasteiger charge is 2.15. The number of Topliss-reactive ketones (excluding diaryl/α,β-unsaturated/α-hetero) is 1. The van der Waals surface area contributed by atoms with Gasteiger partial charge in [-0.25, -0.2) is 0 Å². The molecule has 0 spiro atoms. The summed E-state index contributed by atoms with van der Waals surface area (Å²) in [4.78, 5) is 26.0. The van der Waals surface area contributed by atoms with Gasteiger partial charge in [0.25, 0.3) is 0 Å². The lowest BCUT2D eigenvalue weighted by Gasteiger charge is -2.32. The van der Waals surface area contributed by atoms with E-state index in [9.17, 15) is 9.59 Å². The fourth-order valence-corrected chi connectivity index (χ4v) is 3.26. The van der Waals surface area contributed by atoms with Gasteiger partial charge in [0.1, 0.15) is 0 Å². The van der Waals surface area contributed by atoms with Crippen LogP contribution in [-0.4, -0.2) is 31.3 Å². The molecule has 3 rings (SSSR count). The molecule has 142 valence electrons. The first-order valence-corrected chi connectivity index (χ1v) is 9.51. The third-order valence-electron chi connectivity index (χ3n) is 5.02. The number of nitrogens with one attached hydrogen (secondary N) is 2. The maximum Gasteiger partial charge on any atom is 0.243 e. The van der Waals surface area contributed by atoms with Gasteiger partial charge < -0.3 is 15.5 Å². The van der Waals surface area contributed by atoms with Crippen LogP contribution < -0.4 is 15.5 Å². The molecule has 2 N–H and O–H groups in total. The maximum absolute atomic E-state index is 12.2. The molecule has 0 bridgehead atoms. The van der Waals surface area contributed by atoms with E-state index in [-0.39, 0.29) is 18.2 Å². The number of carbonyl (C=O) groups is 2. The normalized spacial score (nSPS) is 14.7. The van der Waals surface area contributed by atoms with Gasteiger partial charge in [0.15, 0.2) is 5.78 Å². The number of hydrogen-bond acceptors (Lipinski definition) is 4. The first-order chi connectivity index (χ1) is 13.0. The van der Waals surface area contributed by atoms with Gasteiger partial charge in [-0.1, -0.05) is 19.1 Å².